The number of carbonyl (C=O) groups excluding carboxylic acids is 3. The molecule has 13 heteroatoms. The minimum absolute atomic E-state index is 0.0331. The average molecular weight is 615 g/mol. The van der Waals surface area contributed by atoms with E-state index in [9.17, 15) is 27.6 Å². The second kappa shape index (κ2) is 13.6. The Hall–Kier alpha value is -4.52. The number of hydrogen-bond donors (Lipinski definition) is 2. The number of hydrogen-bond acceptors (Lipinski definition) is 6. The Kier molecular flexibility index (Phi) is 9.96. The van der Waals surface area contributed by atoms with Gasteiger partial charge in [-0.05, 0) is 78.4 Å². The molecule has 1 heterocycles. The van der Waals surface area contributed by atoms with Gasteiger partial charge >= 0.3 is 18.5 Å². The highest BCUT2D eigenvalue weighted by atomic mass is 32.2. The van der Waals surface area contributed by atoms with Crippen LogP contribution in [0.4, 0.5) is 34.1 Å². The molecule has 3 aromatic rings. The SMILES string of the molecule is Cc1ccc(C(C)C)c(N2C(=O)CS/C2=N\C(=O)NCCc2ccc(NC(=O)Oc3ccc(OC(F)(F)F)cc3)cc2)c1. The second-order valence-electron chi connectivity index (χ2n) is 9.84. The Balaban J connectivity index is 1.27. The third-order valence-electron chi connectivity index (χ3n) is 6.17. The number of aliphatic imine (C=N–C) groups is 1. The van der Waals surface area contributed by atoms with Crippen molar-refractivity contribution in [3.63, 3.8) is 0 Å². The molecule has 1 fully saturated rings. The fourth-order valence-corrected chi connectivity index (χ4v) is 5.03. The van der Waals surface area contributed by atoms with E-state index >= 15 is 0 Å². The largest absolute Gasteiger partial charge is 0.573 e. The maximum atomic E-state index is 12.7. The lowest BCUT2D eigenvalue weighted by molar-refractivity contribution is -0.274. The standard InChI is InChI=1S/C30H29F3N4O5S/c1-18(2)24-13-4-19(3)16-25(24)37-26(38)17-43-28(37)36-27(39)34-15-14-20-5-7-21(8-6-20)35-29(40)41-22-9-11-23(12-10-22)42-30(31,32)33/h4-13,16,18H,14-15,17H2,1-3H3,(H,34,39)(H,35,40)/b36-28-. The number of anilines is 2. The molecule has 0 spiro atoms. The van der Waals surface area contributed by atoms with Gasteiger partial charge in [0.15, 0.2) is 5.17 Å². The van der Waals surface area contributed by atoms with E-state index in [1.165, 1.54) is 28.8 Å². The van der Waals surface area contributed by atoms with Gasteiger partial charge in [-0.15, -0.1) is 13.2 Å². The number of ether oxygens (including phenoxy) is 2. The van der Waals surface area contributed by atoms with Crippen molar-refractivity contribution < 1.29 is 37.0 Å². The van der Waals surface area contributed by atoms with E-state index < -0.39 is 24.2 Å². The fraction of sp³-hybridized carbons (Fsp3) is 0.267. The molecule has 4 amide bonds. The minimum atomic E-state index is -4.82. The molecule has 43 heavy (non-hydrogen) atoms. The monoisotopic (exact) mass is 614 g/mol. The minimum Gasteiger partial charge on any atom is -0.410 e. The summed E-state index contributed by atoms with van der Waals surface area (Å²) < 4.78 is 45.7. The van der Waals surface area contributed by atoms with Crippen LogP contribution in [0.2, 0.25) is 0 Å². The Morgan fingerprint density at radius 2 is 1.70 bits per heavy atom. The Bertz CT molecular complexity index is 1510. The highest BCUT2D eigenvalue weighted by Crippen LogP contribution is 2.34. The number of rotatable bonds is 8. The van der Waals surface area contributed by atoms with Gasteiger partial charge < -0.3 is 14.8 Å². The number of amides is 4. The van der Waals surface area contributed by atoms with Gasteiger partial charge in [0.05, 0.1) is 11.4 Å². The first-order valence-corrected chi connectivity index (χ1v) is 14.2. The molecule has 1 aliphatic rings. The molecule has 226 valence electrons. The third kappa shape index (κ3) is 8.98. The third-order valence-corrected chi connectivity index (χ3v) is 7.09. The van der Waals surface area contributed by atoms with Crippen molar-refractivity contribution >= 4 is 46.3 Å². The van der Waals surface area contributed by atoms with Crippen molar-refractivity contribution in [3.05, 3.63) is 83.4 Å². The number of amidine groups is 1. The van der Waals surface area contributed by atoms with Gasteiger partial charge in [0.25, 0.3) is 0 Å². The molecule has 0 radical (unpaired) electrons. The van der Waals surface area contributed by atoms with Crippen molar-refractivity contribution in [2.75, 3.05) is 22.5 Å². The molecule has 4 rings (SSSR count). The van der Waals surface area contributed by atoms with Crippen LogP contribution in [0.1, 0.15) is 36.5 Å². The van der Waals surface area contributed by atoms with Crippen LogP contribution in [0.25, 0.3) is 0 Å². The molecule has 3 aromatic carbocycles. The molecule has 0 bridgehead atoms. The maximum Gasteiger partial charge on any atom is 0.573 e. The lowest BCUT2D eigenvalue weighted by Crippen LogP contribution is -2.32. The van der Waals surface area contributed by atoms with Crippen LogP contribution < -0.4 is 25.0 Å². The van der Waals surface area contributed by atoms with Gasteiger partial charge in [0.2, 0.25) is 5.91 Å². The molecule has 9 nitrogen and oxygen atoms in total. The molecular formula is C30H29F3N4O5S. The number of aryl methyl sites for hydroxylation is 1. The molecule has 0 aliphatic carbocycles. The molecule has 1 saturated heterocycles. The lowest BCUT2D eigenvalue weighted by atomic mass is 9.99. The molecule has 2 N–H and O–H groups in total. The predicted molar refractivity (Wildman–Crippen MR) is 159 cm³/mol. The highest BCUT2D eigenvalue weighted by molar-refractivity contribution is 8.15. The van der Waals surface area contributed by atoms with Crippen molar-refractivity contribution in [1.29, 1.82) is 0 Å². The van der Waals surface area contributed by atoms with E-state index in [0.29, 0.717) is 23.8 Å². The normalized spacial score (nSPS) is 14.3. The van der Waals surface area contributed by atoms with E-state index in [1.54, 1.807) is 24.3 Å². The number of benzene rings is 3. The van der Waals surface area contributed by atoms with Crippen LogP contribution in [0.3, 0.4) is 0 Å². The first kappa shape index (κ1) is 31.4. The number of thioether (sulfide) groups is 1. The average Bonchev–Trinajstić information content (AvgIpc) is 3.29. The summed E-state index contributed by atoms with van der Waals surface area (Å²) in [6.07, 6.45) is -5.16. The number of nitrogens with one attached hydrogen (secondary N) is 2. The Morgan fingerprint density at radius 1 is 1.02 bits per heavy atom. The fourth-order valence-electron chi connectivity index (χ4n) is 4.17. The van der Waals surface area contributed by atoms with Gasteiger partial charge in [-0.25, -0.2) is 9.59 Å². The number of alkyl halides is 3. The molecule has 0 aromatic heterocycles. The number of urea groups is 1. The number of carbonyl (C=O) groups is 3. The lowest BCUT2D eigenvalue weighted by Gasteiger charge is -2.22. The highest BCUT2D eigenvalue weighted by Gasteiger charge is 2.33. The zero-order chi connectivity index (χ0) is 31.1. The molecule has 0 unspecified atom stereocenters. The van der Waals surface area contributed by atoms with Gasteiger partial charge in [-0.2, -0.15) is 4.99 Å². The van der Waals surface area contributed by atoms with E-state index in [0.717, 1.165) is 34.5 Å². The van der Waals surface area contributed by atoms with Crippen LogP contribution in [-0.2, 0) is 11.2 Å². The maximum absolute atomic E-state index is 12.7. The first-order valence-electron chi connectivity index (χ1n) is 13.2. The van der Waals surface area contributed by atoms with Gasteiger partial charge in [-0.1, -0.05) is 49.9 Å². The van der Waals surface area contributed by atoms with Crippen LogP contribution in [0.15, 0.2) is 71.7 Å². The van der Waals surface area contributed by atoms with Crippen molar-refractivity contribution in [1.82, 2.24) is 5.32 Å². The topological polar surface area (TPSA) is 109 Å². The first-order chi connectivity index (χ1) is 20.4. The summed E-state index contributed by atoms with van der Waals surface area (Å²) in [6, 6.07) is 16.6. The van der Waals surface area contributed by atoms with Gasteiger partial charge in [0, 0.05) is 12.2 Å². The van der Waals surface area contributed by atoms with Gasteiger partial charge in [-0.3, -0.25) is 15.0 Å². The smallest absolute Gasteiger partial charge is 0.410 e. The van der Waals surface area contributed by atoms with Crippen LogP contribution >= 0.6 is 11.8 Å². The number of halogens is 3. The van der Waals surface area contributed by atoms with E-state index in [4.69, 9.17) is 4.74 Å². The quantitative estimate of drug-likeness (QED) is 0.282. The van der Waals surface area contributed by atoms with Crippen LogP contribution in [0, 0.1) is 6.92 Å². The summed E-state index contributed by atoms with van der Waals surface area (Å²) in [4.78, 5) is 43.1. The summed E-state index contributed by atoms with van der Waals surface area (Å²) >= 11 is 1.22. The number of nitrogens with zero attached hydrogens (tertiary/aromatic N) is 2. The van der Waals surface area contributed by atoms with Crippen molar-refractivity contribution in [2.24, 2.45) is 4.99 Å². The summed E-state index contributed by atoms with van der Waals surface area (Å²) in [5, 5.41) is 5.61. The van der Waals surface area contributed by atoms with E-state index in [1.807, 2.05) is 39.0 Å². The van der Waals surface area contributed by atoms with Crippen molar-refractivity contribution in [2.45, 2.75) is 39.5 Å². The molecule has 1 aliphatic heterocycles. The molecular weight excluding hydrogens is 585 g/mol. The summed E-state index contributed by atoms with van der Waals surface area (Å²) in [5.41, 5.74) is 4.04. The zero-order valence-electron chi connectivity index (χ0n) is 23.5. The zero-order valence-corrected chi connectivity index (χ0v) is 24.3. The Labute approximate surface area is 250 Å². The van der Waals surface area contributed by atoms with Crippen molar-refractivity contribution in [3.8, 4) is 11.5 Å². The predicted octanol–water partition coefficient (Wildman–Crippen LogP) is 7.02. The summed E-state index contributed by atoms with van der Waals surface area (Å²) in [7, 11) is 0. The summed E-state index contributed by atoms with van der Waals surface area (Å²) in [5.74, 6) is -0.148. The summed E-state index contributed by atoms with van der Waals surface area (Å²) in [6.45, 7) is 6.33. The van der Waals surface area contributed by atoms with Gasteiger partial charge in [0.1, 0.15) is 11.5 Å². The van der Waals surface area contributed by atoms with Crippen LogP contribution in [0.5, 0.6) is 11.5 Å². The van der Waals surface area contributed by atoms with E-state index in [-0.39, 0.29) is 23.3 Å². The van der Waals surface area contributed by atoms with Crippen LogP contribution in [-0.4, -0.2) is 41.9 Å². The second-order valence-corrected chi connectivity index (χ2v) is 10.8. The molecule has 0 saturated carbocycles. The molecule has 0 atom stereocenters. The Morgan fingerprint density at radius 3 is 2.35 bits per heavy atom. The van der Waals surface area contributed by atoms with E-state index in [2.05, 4.69) is 20.4 Å².